The van der Waals surface area contributed by atoms with E-state index in [1.165, 1.54) is 16.8 Å². The summed E-state index contributed by atoms with van der Waals surface area (Å²) in [5, 5.41) is 3.21. The van der Waals surface area contributed by atoms with Crippen LogP contribution in [-0.4, -0.2) is 7.05 Å². The Balaban J connectivity index is 0.00000169. The highest BCUT2D eigenvalue weighted by Crippen LogP contribution is 2.22. The molecule has 1 rings (SSSR count). The Kier molecular flexibility index (Phi) is 3.35. The molecular formula is C12H21N. The topological polar surface area (TPSA) is 12.0 Å². The van der Waals surface area contributed by atoms with Crippen LogP contribution in [0.5, 0.6) is 0 Å². The maximum Gasteiger partial charge on any atom is 0.0370 e. The van der Waals surface area contributed by atoms with Crippen LogP contribution in [0.1, 0.15) is 39.2 Å². The number of aryl methyl sites for hydroxylation is 1. The number of rotatable bonds is 3. The summed E-state index contributed by atoms with van der Waals surface area (Å²) < 4.78 is 0. The molecular weight excluding hydrogens is 158 g/mol. The molecule has 1 heteroatoms. The molecule has 0 heterocycles. The second-order valence-electron chi connectivity index (χ2n) is 3.67. The molecule has 1 N–H and O–H groups in total. The van der Waals surface area contributed by atoms with Crippen LogP contribution in [0.4, 0.5) is 5.69 Å². The minimum atomic E-state index is 0. The highest BCUT2D eigenvalue weighted by Gasteiger charge is 2.03. The molecule has 0 radical (unpaired) electrons. The molecule has 0 saturated carbocycles. The molecule has 0 aliphatic rings. The number of nitrogens with one attached hydrogen (secondary N) is 1. The predicted octanol–water partition coefficient (Wildman–Crippen LogP) is 3.66. The largest absolute Gasteiger partial charge is 0.388 e. The van der Waals surface area contributed by atoms with Crippen LogP contribution in [-0.2, 0) is 6.42 Å². The van der Waals surface area contributed by atoms with E-state index in [-0.39, 0.29) is 1.43 Å². The molecule has 1 nitrogen and oxygen atoms in total. The lowest BCUT2D eigenvalue weighted by molar-refractivity contribution is 0.863. The Hall–Kier alpha value is -0.980. The number of anilines is 1. The second-order valence-corrected chi connectivity index (χ2v) is 3.67. The van der Waals surface area contributed by atoms with E-state index in [4.69, 9.17) is 0 Å². The minimum Gasteiger partial charge on any atom is -0.388 e. The third kappa shape index (κ3) is 2.24. The van der Waals surface area contributed by atoms with Gasteiger partial charge in [0.15, 0.2) is 0 Å². The van der Waals surface area contributed by atoms with Crippen molar-refractivity contribution in [3.8, 4) is 0 Å². The van der Waals surface area contributed by atoms with Gasteiger partial charge in [-0.15, -0.1) is 0 Å². The number of benzene rings is 1. The summed E-state index contributed by atoms with van der Waals surface area (Å²) in [5.74, 6) is 0.621. The monoisotopic (exact) mass is 179 g/mol. The minimum absolute atomic E-state index is 0. The van der Waals surface area contributed by atoms with Gasteiger partial charge in [0.05, 0.1) is 0 Å². The summed E-state index contributed by atoms with van der Waals surface area (Å²) in [6, 6.07) is 6.68. The Bertz CT molecular complexity index is 282. The zero-order chi connectivity index (χ0) is 9.84. The predicted molar refractivity (Wildman–Crippen MR) is 61.6 cm³/mol. The van der Waals surface area contributed by atoms with Gasteiger partial charge in [0.1, 0.15) is 0 Å². The van der Waals surface area contributed by atoms with Gasteiger partial charge in [-0.05, 0) is 29.5 Å². The maximum atomic E-state index is 3.21. The van der Waals surface area contributed by atoms with Crippen LogP contribution in [0.25, 0.3) is 0 Å². The van der Waals surface area contributed by atoms with Crippen molar-refractivity contribution in [1.82, 2.24) is 0 Å². The Labute approximate surface area is 82.7 Å². The highest BCUT2D eigenvalue weighted by molar-refractivity contribution is 5.52. The number of hydrogen-bond acceptors (Lipinski definition) is 1. The Morgan fingerprint density at radius 2 is 2.08 bits per heavy atom. The quantitative estimate of drug-likeness (QED) is 0.746. The summed E-state index contributed by atoms with van der Waals surface area (Å²) in [4.78, 5) is 0. The van der Waals surface area contributed by atoms with Crippen LogP contribution in [0, 0.1) is 0 Å². The molecule has 0 aliphatic heterocycles. The first kappa shape index (κ1) is 10.1. The molecule has 0 amide bonds. The Morgan fingerprint density at radius 3 is 2.54 bits per heavy atom. The van der Waals surface area contributed by atoms with E-state index in [1.807, 2.05) is 7.05 Å². The SMILES string of the molecule is CCc1cc(C(C)C)ccc1NC.[HH]. The summed E-state index contributed by atoms with van der Waals surface area (Å²) in [5.41, 5.74) is 4.09. The van der Waals surface area contributed by atoms with Crippen LogP contribution in [0.2, 0.25) is 0 Å². The maximum absolute atomic E-state index is 3.21. The molecule has 0 aromatic heterocycles. The fraction of sp³-hybridized carbons (Fsp3) is 0.500. The molecule has 0 aliphatic carbocycles. The summed E-state index contributed by atoms with van der Waals surface area (Å²) >= 11 is 0. The van der Waals surface area contributed by atoms with E-state index in [1.54, 1.807) is 0 Å². The Morgan fingerprint density at radius 1 is 1.38 bits per heavy atom. The van der Waals surface area contributed by atoms with Gasteiger partial charge in [-0.1, -0.05) is 32.9 Å². The fourth-order valence-corrected chi connectivity index (χ4v) is 1.51. The molecule has 13 heavy (non-hydrogen) atoms. The molecule has 0 unspecified atom stereocenters. The molecule has 1 aromatic carbocycles. The van der Waals surface area contributed by atoms with Gasteiger partial charge in [-0.25, -0.2) is 0 Å². The van der Waals surface area contributed by atoms with E-state index in [0.717, 1.165) is 6.42 Å². The standard InChI is InChI=1S/C12H19N.H2/c1-5-10-8-11(9(2)3)6-7-12(10)13-4;/h6-9,13H,5H2,1-4H3;1H. The van der Waals surface area contributed by atoms with Crippen molar-refractivity contribution in [2.45, 2.75) is 33.1 Å². The molecule has 0 bridgehead atoms. The van der Waals surface area contributed by atoms with Crippen LogP contribution in [0.3, 0.4) is 0 Å². The third-order valence-electron chi connectivity index (χ3n) is 2.45. The van der Waals surface area contributed by atoms with E-state index in [2.05, 4.69) is 44.3 Å². The first-order valence-electron chi connectivity index (χ1n) is 4.99. The van der Waals surface area contributed by atoms with Crippen LogP contribution >= 0.6 is 0 Å². The average Bonchev–Trinajstić information content (AvgIpc) is 2.16. The first-order valence-corrected chi connectivity index (χ1v) is 4.99. The first-order chi connectivity index (χ1) is 6.19. The van der Waals surface area contributed by atoms with Crippen molar-refractivity contribution in [2.24, 2.45) is 0 Å². The van der Waals surface area contributed by atoms with Crippen molar-refractivity contribution in [3.63, 3.8) is 0 Å². The molecule has 0 fully saturated rings. The zero-order valence-corrected chi connectivity index (χ0v) is 9.02. The average molecular weight is 179 g/mol. The van der Waals surface area contributed by atoms with Gasteiger partial charge in [-0.3, -0.25) is 0 Å². The smallest absolute Gasteiger partial charge is 0.0370 e. The van der Waals surface area contributed by atoms with Crippen molar-refractivity contribution >= 4 is 5.69 Å². The normalized spacial score (nSPS) is 10.5. The molecule has 0 spiro atoms. The van der Waals surface area contributed by atoms with Crippen LogP contribution in [0.15, 0.2) is 18.2 Å². The van der Waals surface area contributed by atoms with Crippen molar-refractivity contribution in [1.29, 1.82) is 0 Å². The molecule has 0 atom stereocenters. The lowest BCUT2D eigenvalue weighted by atomic mass is 9.99. The second kappa shape index (κ2) is 4.31. The van der Waals surface area contributed by atoms with Gasteiger partial charge in [0.25, 0.3) is 0 Å². The third-order valence-corrected chi connectivity index (χ3v) is 2.45. The molecule has 0 saturated heterocycles. The van der Waals surface area contributed by atoms with Gasteiger partial charge in [0, 0.05) is 14.2 Å². The van der Waals surface area contributed by atoms with E-state index in [9.17, 15) is 0 Å². The van der Waals surface area contributed by atoms with Gasteiger partial charge in [0.2, 0.25) is 0 Å². The summed E-state index contributed by atoms with van der Waals surface area (Å²) in [6.45, 7) is 6.65. The lowest BCUT2D eigenvalue weighted by Crippen LogP contribution is -1.96. The molecule has 74 valence electrons. The number of hydrogen-bond donors (Lipinski definition) is 1. The zero-order valence-electron chi connectivity index (χ0n) is 9.02. The van der Waals surface area contributed by atoms with Crippen molar-refractivity contribution in [3.05, 3.63) is 29.3 Å². The summed E-state index contributed by atoms with van der Waals surface area (Å²) in [6.07, 6.45) is 1.09. The highest BCUT2D eigenvalue weighted by atomic mass is 14.8. The van der Waals surface area contributed by atoms with Gasteiger partial charge >= 0.3 is 0 Å². The summed E-state index contributed by atoms with van der Waals surface area (Å²) in [7, 11) is 1.98. The van der Waals surface area contributed by atoms with Crippen LogP contribution < -0.4 is 5.32 Å². The van der Waals surface area contributed by atoms with E-state index < -0.39 is 0 Å². The van der Waals surface area contributed by atoms with Gasteiger partial charge in [-0.2, -0.15) is 0 Å². The van der Waals surface area contributed by atoms with Gasteiger partial charge < -0.3 is 5.32 Å². The molecule has 1 aromatic rings. The van der Waals surface area contributed by atoms with E-state index >= 15 is 0 Å². The van der Waals surface area contributed by atoms with E-state index in [0.29, 0.717) is 5.92 Å². The lowest BCUT2D eigenvalue weighted by Gasteiger charge is -2.11. The van der Waals surface area contributed by atoms with Crippen molar-refractivity contribution in [2.75, 3.05) is 12.4 Å². The van der Waals surface area contributed by atoms with Crippen molar-refractivity contribution < 1.29 is 1.43 Å². The fourth-order valence-electron chi connectivity index (χ4n) is 1.51.